The molecule has 0 N–H and O–H groups in total. The summed E-state index contributed by atoms with van der Waals surface area (Å²) in [6.45, 7) is 1.81. The summed E-state index contributed by atoms with van der Waals surface area (Å²) in [4.78, 5) is 12.4. The molecule has 0 amide bonds. The van der Waals surface area contributed by atoms with Crippen LogP contribution in [-0.4, -0.2) is 50.9 Å². The second kappa shape index (κ2) is 7.93. The molecule has 0 aliphatic carbocycles. The number of piperazine rings is 1. The molecule has 1 aliphatic heterocycles. The first kappa shape index (κ1) is 19.1. The van der Waals surface area contributed by atoms with Gasteiger partial charge in [-0.2, -0.15) is 4.31 Å². The van der Waals surface area contributed by atoms with Gasteiger partial charge in [0.1, 0.15) is 5.75 Å². The summed E-state index contributed by atoms with van der Waals surface area (Å²) in [5, 5.41) is 10.9. The highest BCUT2D eigenvalue weighted by Crippen LogP contribution is 2.29. The maximum absolute atomic E-state index is 12.7. The van der Waals surface area contributed by atoms with Crippen LogP contribution in [0.25, 0.3) is 0 Å². The lowest BCUT2D eigenvalue weighted by atomic mass is 10.2. The lowest BCUT2D eigenvalue weighted by Crippen LogP contribution is -2.49. The number of benzene rings is 2. The molecule has 1 aliphatic rings. The summed E-state index contributed by atoms with van der Waals surface area (Å²) in [6.07, 6.45) is 0. The molecule has 3 rings (SSSR count). The molecule has 0 radical (unpaired) electrons. The van der Waals surface area contributed by atoms with Crippen molar-refractivity contribution >= 4 is 21.4 Å². The number of ether oxygens (including phenoxy) is 1. The third kappa shape index (κ3) is 4.37. The van der Waals surface area contributed by atoms with Crippen molar-refractivity contribution in [1.82, 2.24) is 4.31 Å². The number of methoxy groups -OCH3 is 1. The van der Waals surface area contributed by atoms with E-state index in [2.05, 4.69) is 4.90 Å². The molecule has 0 spiro atoms. The molecular formula is C18H21N3O5S. The minimum Gasteiger partial charge on any atom is -0.495 e. The molecule has 2 aromatic carbocycles. The molecule has 0 bridgehead atoms. The number of non-ortho nitro benzene ring substituents is 1. The van der Waals surface area contributed by atoms with Crippen molar-refractivity contribution in [3.63, 3.8) is 0 Å². The number of nitro benzene ring substituents is 1. The number of sulfonamides is 1. The van der Waals surface area contributed by atoms with Crippen molar-refractivity contribution in [1.29, 1.82) is 0 Å². The van der Waals surface area contributed by atoms with E-state index in [1.807, 2.05) is 24.3 Å². The lowest BCUT2D eigenvalue weighted by molar-refractivity contribution is -0.384. The average Bonchev–Trinajstić information content (AvgIpc) is 2.68. The van der Waals surface area contributed by atoms with Gasteiger partial charge in [0.15, 0.2) is 0 Å². The number of nitro groups is 1. The van der Waals surface area contributed by atoms with Crippen molar-refractivity contribution in [2.45, 2.75) is 5.75 Å². The zero-order chi connectivity index (χ0) is 19.4. The van der Waals surface area contributed by atoms with Gasteiger partial charge < -0.3 is 9.64 Å². The Bertz CT molecular complexity index is 924. The zero-order valence-electron chi connectivity index (χ0n) is 14.9. The predicted molar refractivity (Wildman–Crippen MR) is 103 cm³/mol. The Kier molecular flexibility index (Phi) is 5.62. The largest absolute Gasteiger partial charge is 0.495 e. The summed E-state index contributed by atoms with van der Waals surface area (Å²) in [6, 6.07) is 13.4. The van der Waals surface area contributed by atoms with Gasteiger partial charge in [-0.3, -0.25) is 10.1 Å². The molecule has 8 nitrogen and oxygen atoms in total. The molecule has 1 saturated heterocycles. The van der Waals surface area contributed by atoms with E-state index in [9.17, 15) is 18.5 Å². The fraction of sp³-hybridized carbons (Fsp3) is 0.333. The van der Waals surface area contributed by atoms with Crippen molar-refractivity contribution < 1.29 is 18.1 Å². The molecule has 0 atom stereocenters. The Morgan fingerprint density at radius 3 is 2.44 bits per heavy atom. The normalized spacial score (nSPS) is 15.5. The second-order valence-electron chi connectivity index (χ2n) is 6.24. The van der Waals surface area contributed by atoms with E-state index in [1.165, 1.54) is 22.5 Å². The van der Waals surface area contributed by atoms with E-state index in [1.54, 1.807) is 13.2 Å². The van der Waals surface area contributed by atoms with Gasteiger partial charge in [-0.15, -0.1) is 0 Å². The van der Waals surface area contributed by atoms with Crippen LogP contribution in [0, 0.1) is 10.1 Å². The Morgan fingerprint density at radius 2 is 1.78 bits per heavy atom. The molecular weight excluding hydrogens is 370 g/mol. The molecule has 9 heteroatoms. The van der Waals surface area contributed by atoms with Gasteiger partial charge in [0.05, 0.1) is 23.5 Å². The van der Waals surface area contributed by atoms with Crippen molar-refractivity contribution in [3.8, 4) is 5.75 Å². The van der Waals surface area contributed by atoms with E-state index < -0.39 is 14.9 Å². The quantitative estimate of drug-likeness (QED) is 0.554. The van der Waals surface area contributed by atoms with Crippen molar-refractivity contribution in [2.75, 3.05) is 38.2 Å². The van der Waals surface area contributed by atoms with E-state index in [0.29, 0.717) is 31.7 Å². The number of anilines is 1. The summed E-state index contributed by atoms with van der Waals surface area (Å²) in [7, 11) is -1.94. The van der Waals surface area contributed by atoms with Crippen LogP contribution in [0.5, 0.6) is 5.75 Å². The second-order valence-corrected chi connectivity index (χ2v) is 8.21. The first-order chi connectivity index (χ1) is 12.9. The third-order valence-electron chi connectivity index (χ3n) is 4.53. The maximum Gasteiger partial charge on any atom is 0.269 e. The van der Waals surface area contributed by atoms with Crippen LogP contribution >= 0.6 is 0 Å². The number of nitrogens with zero attached hydrogens (tertiary/aromatic N) is 3. The van der Waals surface area contributed by atoms with E-state index in [-0.39, 0.29) is 11.4 Å². The average molecular weight is 391 g/mol. The summed E-state index contributed by atoms with van der Waals surface area (Å²) < 4.78 is 32.2. The number of hydrogen-bond acceptors (Lipinski definition) is 6. The fourth-order valence-corrected chi connectivity index (χ4v) is 4.66. The van der Waals surface area contributed by atoms with Crippen molar-refractivity contribution in [2.24, 2.45) is 0 Å². The number of para-hydroxylation sites is 2. The van der Waals surface area contributed by atoms with Crippen LogP contribution in [0.1, 0.15) is 5.56 Å². The first-order valence-electron chi connectivity index (χ1n) is 8.50. The molecule has 27 heavy (non-hydrogen) atoms. The van der Waals surface area contributed by atoms with Crippen LogP contribution in [-0.2, 0) is 15.8 Å². The van der Waals surface area contributed by atoms with Gasteiger partial charge in [0, 0.05) is 38.3 Å². The van der Waals surface area contributed by atoms with Crippen LogP contribution in [0.4, 0.5) is 11.4 Å². The van der Waals surface area contributed by atoms with Crippen LogP contribution < -0.4 is 9.64 Å². The van der Waals surface area contributed by atoms with E-state index in [4.69, 9.17) is 4.74 Å². The van der Waals surface area contributed by atoms with Gasteiger partial charge in [-0.05, 0) is 17.7 Å². The minimum atomic E-state index is -3.55. The number of rotatable bonds is 6. The highest BCUT2D eigenvalue weighted by molar-refractivity contribution is 7.88. The van der Waals surface area contributed by atoms with Crippen LogP contribution in [0.2, 0.25) is 0 Å². The Labute approximate surface area is 158 Å². The van der Waals surface area contributed by atoms with Gasteiger partial charge in [0.25, 0.3) is 5.69 Å². The van der Waals surface area contributed by atoms with Gasteiger partial charge in [0.2, 0.25) is 10.0 Å². The topological polar surface area (TPSA) is 93.0 Å². The zero-order valence-corrected chi connectivity index (χ0v) is 15.8. The summed E-state index contributed by atoms with van der Waals surface area (Å²) in [5.41, 5.74) is 1.25. The Balaban J connectivity index is 1.68. The highest BCUT2D eigenvalue weighted by Gasteiger charge is 2.28. The molecule has 144 valence electrons. The van der Waals surface area contributed by atoms with Gasteiger partial charge in [-0.25, -0.2) is 8.42 Å². The molecule has 0 aromatic heterocycles. The molecule has 1 fully saturated rings. The third-order valence-corrected chi connectivity index (χ3v) is 6.38. The molecule has 1 heterocycles. The number of hydrogen-bond donors (Lipinski definition) is 0. The van der Waals surface area contributed by atoms with Crippen molar-refractivity contribution in [3.05, 3.63) is 64.2 Å². The smallest absolute Gasteiger partial charge is 0.269 e. The van der Waals surface area contributed by atoms with Gasteiger partial charge >= 0.3 is 0 Å². The Hall–Kier alpha value is -2.65. The SMILES string of the molecule is COc1ccccc1N1CCN(S(=O)(=O)Cc2cccc([N+](=O)[O-])c2)CC1. The standard InChI is InChI=1S/C18H21N3O5S/c1-26-18-8-3-2-7-17(18)19-9-11-20(12-10-19)27(24,25)14-15-5-4-6-16(13-15)21(22)23/h2-8,13H,9-12,14H2,1H3. The maximum atomic E-state index is 12.7. The first-order valence-corrected chi connectivity index (χ1v) is 10.1. The fourth-order valence-electron chi connectivity index (χ4n) is 3.16. The monoisotopic (exact) mass is 391 g/mol. The highest BCUT2D eigenvalue weighted by atomic mass is 32.2. The lowest BCUT2D eigenvalue weighted by Gasteiger charge is -2.36. The van der Waals surface area contributed by atoms with Crippen LogP contribution in [0.15, 0.2) is 48.5 Å². The molecule has 0 saturated carbocycles. The van der Waals surface area contributed by atoms with Gasteiger partial charge in [-0.1, -0.05) is 24.3 Å². The van der Waals surface area contributed by atoms with E-state index in [0.717, 1.165) is 11.4 Å². The summed E-state index contributed by atoms with van der Waals surface area (Å²) >= 11 is 0. The van der Waals surface area contributed by atoms with E-state index >= 15 is 0 Å². The van der Waals surface area contributed by atoms with Crippen LogP contribution in [0.3, 0.4) is 0 Å². The predicted octanol–water partition coefficient (Wildman–Crippen LogP) is 2.26. The Morgan fingerprint density at radius 1 is 1.07 bits per heavy atom. The molecule has 2 aromatic rings. The summed E-state index contributed by atoms with van der Waals surface area (Å²) in [5.74, 6) is 0.508. The molecule has 0 unspecified atom stereocenters. The minimum absolute atomic E-state index is 0.108.